The molecule has 20 heavy (non-hydrogen) atoms. The Hall–Kier alpha value is -0.900. The van der Waals surface area contributed by atoms with Gasteiger partial charge in [-0.15, -0.1) is 10.2 Å². The van der Waals surface area contributed by atoms with Crippen LogP contribution in [0.25, 0.3) is 0 Å². The Bertz CT molecular complexity index is 449. The largest absolute Gasteiger partial charge is 0.313 e. The van der Waals surface area contributed by atoms with Crippen molar-refractivity contribution < 1.29 is 0 Å². The van der Waals surface area contributed by atoms with Crippen molar-refractivity contribution in [3.8, 4) is 0 Å². The van der Waals surface area contributed by atoms with Crippen LogP contribution in [-0.4, -0.2) is 21.8 Å². The van der Waals surface area contributed by atoms with Gasteiger partial charge >= 0.3 is 0 Å². The van der Waals surface area contributed by atoms with Gasteiger partial charge in [-0.25, -0.2) is 0 Å². The molecule has 0 spiro atoms. The zero-order valence-electron chi connectivity index (χ0n) is 12.6. The third kappa shape index (κ3) is 1.84. The van der Waals surface area contributed by atoms with Crippen molar-refractivity contribution in [3.05, 3.63) is 12.2 Å². The van der Waals surface area contributed by atoms with E-state index in [4.69, 9.17) is 0 Å². The minimum absolute atomic E-state index is 0.342. The molecule has 0 radical (unpaired) electrons. The highest BCUT2D eigenvalue weighted by molar-refractivity contribution is 5.05. The summed E-state index contributed by atoms with van der Waals surface area (Å²) in [5, 5.41) is 12.1. The number of hydrogen-bond donors (Lipinski definition) is 1. The van der Waals surface area contributed by atoms with Gasteiger partial charge < -0.3 is 9.88 Å². The maximum atomic E-state index is 4.44. The molecule has 4 aliphatic rings. The molecule has 5 rings (SSSR count). The van der Waals surface area contributed by atoms with E-state index in [1.54, 1.807) is 0 Å². The summed E-state index contributed by atoms with van der Waals surface area (Å²) in [6.07, 6.45) is 10.4. The van der Waals surface area contributed by atoms with E-state index < -0.39 is 0 Å². The van der Waals surface area contributed by atoms with E-state index in [9.17, 15) is 0 Å². The van der Waals surface area contributed by atoms with Gasteiger partial charge in [-0.3, -0.25) is 0 Å². The molecule has 4 saturated carbocycles. The molecule has 110 valence electrons. The predicted octanol–water partition coefficient (Wildman–Crippen LogP) is 2.95. The molecule has 0 aliphatic heterocycles. The van der Waals surface area contributed by atoms with Gasteiger partial charge in [0.25, 0.3) is 0 Å². The maximum Gasteiger partial charge on any atom is 0.150 e. The van der Waals surface area contributed by atoms with Gasteiger partial charge in [-0.05, 0) is 69.2 Å². The monoisotopic (exact) mass is 274 g/mol. The van der Waals surface area contributed by atoms with Crippen LogP contribution in [0, 0.1) is 23.7 Å². The summed E-state index contributed by atoms with van der Waals surface area (Å²) in [5.74, 6) is 4.98. The highest BCUT2D eigenvalue weighted by atomic mass is 15.3. The normalized spacial score (nSPS) is 40.2. The van der Waals surface area contributed by atoms with Crippen molar-refractivity contribution >= 4 is 0 Å². The lowest BCUT2D eigenvalue weighted by atomic mass is 9.54. The highest BCUT2D eigenvalue weighted by Crippen LogP contribution is 2.58. The van der Waals surface area contributed by atoms with Crippen LogP contribution in [0.1, 0.15) is 63.4 Å². The summed E-state index contributed by atoms with van der Waals surface area (Å²) in [6, 6.07) is 1.02. The Morgan fingerprint density at radius 1 is 1.20 bits per heavy atom. The minimum atomic E-state index is 0.342. The van der Waals surface area contributed by atoms with Gasteiger partial charge in [-0.1, -0.05) is 6.92 Å². The third-order valence-corrected chi connectivity index (χ3v) is 6.17. The van der Waals surface area contributed by atoms with E-state index >= 15 is 0 Å². The first-order chi connectivity index (χ1) is 9.80. The van der Waals surface area contributed by atoms with Crippen molar-refractivity contribution in [2.45, 2.75) is 57.5 Å². The zero-order valence-corrected chi connectivity index (χ0v) is 12.6. The lowest BCUT2D eigenvalue weighted by Crippen LogP contribution is -2.46. The SMILES string of the molecule is CCC(NC)c1nncn1C1C2CC3CC(C2)CC1C3. The Morgan fingerprint density at radius 2 is 1.85 bits per heavy atom. The average molecular weight is 274 g/mol. The predicted molar refractivity (Wildman–Crippen MR) is 78.2 cm³/mol. The first-order valence-corrected chi connectivity index (χ1v) is 8.36. The molecule has 4 bridgehead atoms. The Kier molecular flexibility index (Phi) is 3.09. The number of nitrogens with one attached hydrogen (secondary N) is 1. The van der Waals surface area contributed by atoms with Crippen molar-refractivity contribution in [3.63, 3.8) is 0 Å². The standard InChI is InChI=1S/C16H26N4/c1-3-14(17-2)16-19-18-9-20(16)15-12-5-10-4-11(7-12)8-13(15)6-10/h9-15,17H,3-8H2,1-2H3. The Balaban J connectivity index is 1.66. The molecule has 1 atom stereocenters. The minimum Gasteiger partial charge on any atom is -0.313 e. The Morgan fingerprint density at radius 3 is 2.40 bits per heavy atom. The van der Waals surface area contributed by atoms with Gasteiger partial charge in [-0.2, -0.15) is 0 Å². The van der Waals surface area contributed by atoms with Gasteiger partial charge in [0.05, 0.1) is 6.04 Å². The highest BCUT2D eigenvalue weighted by Gasteiger charge is 2.49. The van der Waals surface area contributed by atoms with E-state index in [0.717, 1.165) is 35.9 Å². The van der Waals surface area contributed by atoms with Crippen molar-refractivity contribution in [1.29, 1.82) is 0 Å². The quantitative estimate of drug-likeness (QED) is 0.918. The fourth-order valence-corrected chi connectivity index (χ4v) is 5.60. The maximum absolute atomic E-state index is 4.44. The summed E-state index contributed by atoms with van der Waals surface area (Å²) in [7, 11) is 2.03. The second-order valence-corrected chi connectivity index (χ2v) is 7.27. The Labute approximate surface area is 121 Å². The van der Waals surface area contributed by atoms with Crippen molar-refractivity contribution in [2.24, 2.45) is 23.7 Å². The molecular formula is C16H26N4. The van der Waals surface area contributed by atoms with E-state index in [1.807, 2.05) is 13.4 Å². The molecule has 1 heterocycles. The summed E-state index contributed by atoms with van der Waals surface area (Å²) >= 11 is 0. The fourth-order valence-electron chi connectivity index (χ4n) is 5.60. The average Bonchev–Trinajstić information content (AvgIpc) is 2.88. The molecule has 4 heteroatoms. The van der Waals surface area contributed by atoms with Crippen LogP contribution in [0.5, 0.6) is 0 Å². The van der Waals surface area contributed by atoms with E-state index in [1.165, 1.54) is 32.1 Å². The third-order valence-electron chi connectivity index (χ3n) is 6.17. The summed E-state index contributed by atoms with van der Waals surface area (Å²) in [6.45, 7) is 2.22. The van der Waals surface area contributed by atoms with Gasteiger partial charge in [0.15, 0.2) is 0 Å². The van der Waals surface area contributed by atoms with Crippen LogP contribution < -0.4 is 5.32 Å². The van der Waals surface area contributed by atoms with E-state index in [2.05, 4.69) is 27.0 Å². The first kappa shape index (κ1) is 12.8. The van der Waals surface area contributed by atoms with Crippen LogP contribution in [0.3, 0.4) is 0 Å². The lowest BCUT2D eigenvalue weighted by Gasteiger charge is -2.54. The van der Waals surface area contributed by atoms with E-state index in [0.29, 0.717) is 12.1 Å². The number of aromatic nitrogens is 3. The molecule has 1 aromatic rings. The number of hydrogen-bond acceptors (Lipinski definition) is 3. The molecule has 4 nitrogen and oxygen atoms in total. The van der Waals surface area contributed by atoms with Crippen molar-refractivity contribution in [2.75, 3.05) is 7.05 Å². The smallest absolute Gasteiger partial charge is 0.150 e. The zero-order chi connectivity index (χ0) is 13.7. The summed E-state index contributed by atoms with van der Waals surface area (Å²) in [4.78, 5) is 0. The molecular weight excluding hydrogens is 248 g/mol. The van der Waals surface area contributed by atoms with Crippen LogP contribution in [0.4, 0.5) is 0 Å². The second-order valence-electron chi connectivity index (χ2n) is 7.27. The lowest BCUT2D eigenvalue weighted by molar-refractivity contribution is -0.0307. The van der Waals surface area contributed by atoms with Crippen LogP contribution in [0.2, 0.25) is 0 Å². The van der Waals surface area contributed by atoms with E-state index in [-0.39, 0.29) is 0 Å². The molecule has 0 aromatic carbocycles. The molecule has 1 N–H and O–H groups in total. The van der Waals surface area contributed by atoms with Gasteiger partial charge in [0.2, 0.25) is 0 Å². The molecule has 0 amide bonds. The molecule has 4 aliphatic carbocycles. The first-order valence-electron chi connectivity index (χ1n) is 8.36. The fraction of sp³-hybridized carbons (Fsp3) is 0.875. The number of rotatable bonds is 4. The molecule has 0 saturated heterocycles. The second kappa shape index (κ2) is 4.83. The summed E-state index contributed by atoms with van der Waals surface area (Å²) < 4.78 is 2.44. The topological polar surface area (TPSA) is 42.7 Å². The summed E-state index contributed by atoms with van der Waals surface area (Å²) in [5.41, 5.74) is 0. The molecule has 1 aromatic heterocycles. The molecule has 4 fully saturated rings. The van der Waals surface area contributed by atoms with Crippen molar-refractivity contribution in [1.82, 2.24) is 20.1 Å². The number of nitrogens with zero attached hydrogens (tertiary/aromatic N) is 3. The molecule has 1 unspecified atom stereocenters. The van der Waals surface area contributed by atoms with Gasteiger partial charge in [0.1, 0.15) is 12.2 Å². The van der Waals surface area contributed by atoms with Crippen LogP contribution in [-0.2, 0) is 0 Å². The van der Waals surface area contributed by atoms with Crippen LogP contribution >= 0.6 is 0 Å². The van der Waals surface area contributed by atoms with Gasteiger partial charge in [0, 0.05) is 6.04 Å². The van der Waals surface area contributed by atoms with Crippen LogP contribution in [0.15, 0.2) is 6.33 Å².